The van der Waals surface area contributed by atoms with Crippen molar-refractivity contribution < 1.29 is 4.39 Å². The molecule has 0 bridgehead atoms. The molecule has 1 aliphatic heterocycles. The number of hydrogen-bond donors (Lipinski definition) is 2. The van der Waals surface area contributed by atoms with Crippen molar-refractivity contribution in [1.82, 2.24) is 15.5 Å². The summed E-state index contributed by atoms with van der Waals surface area (Å²) in [5.41, 5.74) is 1.69. The zero-order valence-electron chi connectivity index (χ0n) is 14.5. The van der Waals surface area contributed by atoms with Crippen LogP contribution in [0.4, 0.5) is 4.39 Å². The molecule has 1 aliphatic rings. The second-order valence-electron chi connectivity index (χ2n) is 6.21. The third-order valence-electron chi connectivity index (χ3n) is 4.36. The van der Waals surface area contributed by atoms with E-state index in [1.165, 1.54) is 25.6 Å². The van der Waals surface area contributed by atoms with Crippen LogP contribution >= 0.6 is 0 Å². The molecule has 4 nitrogen and oxygen atoms in total. The van der Waals surface area contributed by atoms with Gasteiger partial charge < -0.3 is 15.5 Å². The van der Waals surface area contributed by atoms with E-state index in [-0.39, 0.29) is 5.82 Å². The first-order chi connectivity index (χ1) is 11.1. The maximum Gasteiger partial charge on any atom is 0.191 e. The Balaban J connectivity index is 1.88. The monoisotopic (exact) mass is 320 g/mol. The average molecular weight is 320 g/mol. The third kappa shape index (κ3) is 5.50. The van der Waals surface area contributed by atoms with Crippen molar-refractivity contribution in [1.29, 1.82) is 0 Å². The summed E-state index contributed by atoms with van der Waals surface area (Å²) < 4.78 is 13.3. The Bertz CT molecular complexity index is 530. The van der Waals surface area contributed by atoms with Gasteiger partial charge in [-0.3, -0.25) is 0 Å². The first kappa shape index (κ1) is 17.7. The van der Waals surface area contributed by atoms with E-state index >= 15 is 0 Å². The first-order valence-electron chi connectivity index (χ1n) is 8.62. The van der Waals surface area contributed by atoms with E-state index in [9.17, 15) is 4.39 Å². The van der Waals surface area contributed by atoms with Crippen molar-refractivity contribution in [3.63, 3.8) is 0 Å². The summed E-state index contributed by atoms with van der Waals surface area (Å²) in [6.07, 6.45) is 1.25. The molecule has 1 saturated heterocycles. The van der Waals surface area contributed by atoms with Crippen molar-refractivity contribution in [3.8, 4) is 0 Å². The van der Waals surface area contributed by atoms with Crippen molar-refractivity contribution >= 4 is 5.96 Å². The first-order valence-corrected chi connectivity index (χ1v) is 8.62. The molecule has 0 saturated carbocycles. The summed E-state index contributed by atoms with van der Waals surface area (Å²) in [4.78, 5) is 7.10. The maximum atomic E-state index is 13.3. The molecule has 0 spiro atoms. The van der Waals surface area contributed by atoms with Gasteiger partial charge in [0.1, 0.15) is 5.82 Å². The highest BCUT2D eigenvalue weighted by Gasteiger charge is 2.20. The fourth-order valence-electron chi connectivity index (χ4n) is 2.92. The van der Waals surface area contributed by atoms with Gasteiger partial charge in [-0.2, -0.15) is 0 Å². The lowest BCUT2D eigenvalue weighted by Crippen LogP contribution is -2.40. The van der Waals surface area contributed by atoms with Gasteiger partial charge in [-0.05, 0) is 56.5 Å². The van der Waals surface area contributed by atoms with Gasteiger partial charge in [0.2, 0.25) is 0 Å². The van der Waals surface area contributed by atoms with Gasteiger partial charge in [-0.25, -0.2) is 9.38 Å². The van der Waals surface area contributed by atoms with Gasteiger partial charge >= 0.3 is 0 Å². The summed E-state index contributed by atoms with van der Waals surface area (Å²) in [7, 11) is 0. The Morgan fingerprint density at radius 2 is 2.17 bits per heavy atom. The molecule has 1 aromatic carbocycles. The molecule has 0 aliphatic carbocycles. The fraction of sp³-hybridized carbons (Fsp3) is 0.611. The molecular weight excluding hydrogens is 291 g/mol. The minimum atomic E-state index is -0.163. The lowest BCUT2D eigenvalue weighted by Gasteiger charge is -2.16. The van der Waals surface area contributed by atoms with Gasteiger partial charge in [0.15, 0.2) is 5.96 Å². The van der Waals surface area contributed by atoms with Crippen molar-refractivity contribution in [2.24, 2.45) is 10.9 Å². The molecular formula is C18H29FN4. The van der Waals surface area contributed by atoms with Crippen LogP contribution in [0.3, 0.4) is 0 Å². The predicted molar refractivity (Wildman–Crippen MR) is 94.2 cm³/mol. The molecule has 0 amide bonds. The van der Waals surface area contributed by atoms with Crippen LogP contribution in [0.25, 0.3) is 0 Å². The van der Waals surface area contributed by atoms with Crippen LogP contribution in [0.15, 0.2) is 23.2 Å². The lowest BCUT2D eigenvalue weighted by atomic mass is 10.1. The third-order valence-corrected chi connectivity index (χ3v) is 4.36. The molecule has 1 aromatic rings. The second-order valence-corrected chi connectivity index (χ2v) is 6.21. The highest BCUT2D eigenvalue weighted by atomic mass is 19.1. The summed E-state index contributed by atoms with van der Waals surface area (Å²) in [5, 5.41) is 6.72. The highest BCUT2D eigenvalue weighted by molar-refractivity contribution is 5.79. The van der Waals surface area contributed by atoms with Crippen LogP contribution in [0.5, 0.6) is 0 Å². The number of likely N-dealkylation sites (tertiary alicyclic amines) is 1. The number of nitrogens with zero attached hydrogens (tertiary/aromatic N) is 2. The SMILES string of the molecule is CCNC(=NCc1ccc(F)c(C)c1)NCC1CCN(CC)C1. The van der Waals surface area contributed by atoms with Crippen LogP contribution in [0, 0.1) is 18.7 Å². The quantitative estimate of drug-likeness (QED) is 0.625. The summed E-state index contributed by atoms with van der Waals surface area (Å²) >= 11 is 0. The Morgan fingerprint density at radius 3 is 2.83 bits per heavy atom. The predicted octanol–water partition coefficient (Wildman–Crippen LogP) is 2.53. The molecule has 23 heavy (non-hydrogen) atoms. The largest absolute Gasteiger partial charge is 0.357 e. The van der Waals surface area contributed by atoms with E-state index in [0.717, 1.165) is 31.2 Å². The molecule has 1 heterocycles. The molecule has 1 unspecified atom stereocenters. The van der Waals surface area contributed by atoms with Gasteiger partial charge in [-0.15, -0.1) is 0 Å². The number of aliphatic imine (C=N–C) groups is 1. The summed E-state index contributed by atoms with van der Waals surface area (Å²) in [6.45, 7) is 11.9. The van der Waals surface area contributed by atoms with Crippen LogP contribution in [0.1, 0.15) is 31.4 Å². The highest BCUT2D eigenvalue weighted by Crippen LogP contribution is 2.14. The van der Waals surface area contributed by atoms with Crippen LogP contribution in [0.2, 0.25) is 0 Å². The number of guanidine groups is 1. The smallest absolute Gasteiger partial charge is 0.191 e. The van der Waals surface area contributed by atoms with Gasteiger partial charge in [0.25, 0.3) is 0 Å². The van der Waals surface area contributed by atoms with E-state index in [1.54, 1.807) is 13.0 Å². The number of nitrogens with one attached hydrogen (secondary N) is 2. The van der Waals surface area contributed by atoms with E-state index in [2.05, 4.69) is 34.4 Å². The molecule has 2 rings (SSSR count). The Hall–Kier alpha value is -1.62. The molecule has 128 valence electrons. The number of halogens is 1. The van der Waals surface area contributed by atoms with E-state index < -0.39 is 0 Å². The number of benzene rings is 1. The minimum absolute atomic E-state index is 0.163. The van der Waals surface area contributed by atoms with Crippen molar-refractivity contribution in [2.45, 2.75) is 33.7 Å². The van der Waals surface area contributed by atoms with Crippen LogP contribution < -0.4 is 10.6 Å². The van der Waals surface area contributed by atoms with E-state index in [4.69, 9.17) is 0 Å². The molecule has 1 fully saturated rings. The topological polar surface area (TPSA) is 39.7 Å². The van der Waals surface area contributed by atoms with Crippen LogP contribution in [-0.4, -0.2) is 43.6 Å². The maximum absolute atomic E-state index is 13.3. The number of hydrogen-bond acceptors (Lipinski definition) is 2. The molecule has 1 atom stereocenters. The molecule has 5 heteroatoms. The van der Waals surface area contributed by atoms with Crippen molar-refractivity contribution in [3.05, 3.63) is 35.1 Å². The molecule has 0 radical (unpaired) electrons. The molecule has 0 aromatic heterocycles. The normalized spacial score (nSPS) is 19.1. The lowest BCUT2D eigenvalue weighted by molar-refractivity contribution is 0.342. The van der Waals surface area contributed by atoms with Gasteiger partial charge in [0.05, 0.1) is 6.54 Å². The van der Waals surface area contributed by atoms with E-state index in [0.29, 0.717) is 18.0 Å². The van der Waals surface area contributed by atoms with Gasteiger partial charge in [0, 0.05) is 19.6 Å². The van der Waals surface area contributed by atoms with E-state index in [1.807, 2.05) is 6.07 Å². The average Bonchev–Trinajstić information content (AvgIpc) is 3.01. The number of aryl methyl sites for hydroxylation is 1. The second kappa shape index (κ2) is 8.87. The fourth-order valence-corrected chi connectivity index (χ4v) is 2.92. The Labute approximate surface area is 139 Å². The summed E-state index contributed by atoms with van der Waals surface area (Å²) in [6, 6.07) is 5.17. The number of rotatable bonds is 6. The minimum Gasteiger partial charge on any atom is -0.357 e. The zero-order chi connectivity index (χ0) is 16.7. The Kier molecular flexibility index (Phi) is 6.84. The standard InChI is InChI=1S/C18H29FN4/c1-4-20-18(22-12-16-8-9-23(5-2)13-16)21-11-15-6-7-17(19)14(3)10-15/h6-7,10,16H,4-5,8-9,11-13H2,1-3H3,(H2,20,21,22). The summed E-state index contributed by atoms with van der Waals surface area (Å²) in [5.74, 6) is 1.36. The molecule has 2 N–H and O–H groups in total. The van der Waals surface area contributed by atoms with Gasteiger partial charge in [-0.1, -0.05) is 19.1 Å². The van der Waals surface area contributed by atoms with Crippen LogP contribution in [-0.2, 0) is 6.54 Å². The van der Waals surface area contributed by atoms with Crippen molar-refractivity contribution in [2.75, 3.05) is 32.7 Å². The Morgan fingerprint density at radius 1 is 1.35 bits per heavy atom. The zero-order valence-corrected chi connectivity index (χ0v) is 14.5.